The summed E-state index contributed by atoms with van der Waals surface area (Å²) in [6.45, 7) is 0.575. The third-order valence-corrected chi connectivity index (χ3v) is 2.18. The van der Waals surface area contributed by atoms with Gasteiger partial charge in [-0.2, -0.15) is 0 Å². The summed E-state index contributed by atoms with van der Waals surface area (Å²) in [5, 5.41) is 4.44. The van der Waals surface area contributed by atoms with Crippen LogP contribution in [0.15, 0.2) is 18.2 Å². The SMILES string of the molecule is COCCNC(=O)CC(=O)Nc1c(F)cccc1F. The van der Waals surface area contributed by atoms with Gasteiger partial charge in [-0.05, 0) is 12.1 Å². The number of ether oxygens (including phenoxy) is 1. The zero-order chi connectivity index (χ0) is 14.3. The first-order valence-electron chi connectivity index (χ1n) is 5.54. The molecule has 0 unspecified atom stereocenters. The number of anilines is 1. The van der Waals surface area contributed by atoms with E-state index in [-0.39, 0.29) is 6.54 Å². The minimum atomic E-state index is -0.895. The van der Waals surface area contributed by atoms with Crippen LogP contribution < -0.4 is 10.6 Å². The maximum Gasteiger partial charge on any atom is 0.233 e. The van der Waals surface area contributed by atoms with E-state index < -0.39 is 35.6 Å². The first kappa shape index (κ1) is 15.0. The summed E-state index contributed by atoms with van der Waals surface area (Å²) in [5.74, 6) is -3.13. The van der Waals surface area contributed by atoms with Crippen LogP contribution in [0, 0.1) is 11.6 Å². The Morgan fingerprint density at radius 1 is 1.21 bits per heavy atom. The van der Waals surface area contributed by atoms with Crippen LogP contribution in [0.5, 0.6) is 0 Å². The van der Waals surface area contributed by atoms with E-state index in [1.807, 2.05) is 5.32 Å². The number of amides is 2. The number of nitrogens with one attached hydrogen (secondary N) is 2. The number of para-hydroxylation sites is 1. The van der Waals surface area contributed by atoms with Crippen molar-refractivity contribution in [2.45, 2.75) is 6.42 Å². The maximum absolute atomic E-state index is 13.2. The number of carbonyl (C=O) groups excluding carboxylic acids is 2. The van der Waals surface area contributed by atoms with Gasteiger partial charge in [-0.25, -0.2) is 8.78 Å². The quantitative estimate of drug-likeness (QED) is 0.601. The second-order valence-corrected chi connectivity index (χ2v) is 3.66. The first-order valence-corrected chi connectivity index (χ1v) is 5.54. The molecule has 7 heteroatoms. The molecule has 2 N–H and O–H groups in total. The monoisotopic (exact) mass is 272 g/mol. The highest BCUT2D eigenvalue weighted by atomic mass is 19.1. The van der Waals surface area contributed by atoms with Crippen molar-refractivity contribution >= 4 is 17.5 Å². The van der Waals surface area contributed by atoms with E-state index in [9.17, 15) is 18.4 Å². The standard InChI is InChI=1S/C12H14F2N2O3/c1-19-6-5-15-10(17)7-11(18)16-12-8(13)3-2-4-9(12)14/h2-4H,5-7H2,1H3,(H,15,17)(H,16,18). The minimum absolute atomic E-state index is 0.261. The van der Waals surface area contributed by atoms with Gasteiger partial charge in [0.25, 0.3) is 0 Å². The van der Waals surface area contributed by atoms with Crippen LogP contribution in [0.3, 0.4) is 0 Å². The van der Waals surface area contributed by atoms with Crippen molar-refractivity contribution in [1.82, 2.24) is 5.32 Å². The van der Waals surface area contributed by atoms with E-state index in [0.717, 1.165) is 12.1 Å². The molecular formula is C12H14F2N2O3. The van der Waals surface area contributed by atoms with Gasteiger partial charge in [0.1, 0.15) is 23.7 Å². The lowest BCUT2D eigenvalue weighted by molar-refractivity contribution is -0.126. The molecule has 0 aliphatic rings. The largest absolute Gasteiger partial charge is 0.383 e. The van der Waals surface area contributed by atoms with Crippen LogP contribution in [0.2, 0.25) is 0 Å². The van der Waals surface area contributed by atoms with Gasteiger partial charge in [0, 0.05) is 13.7 Å². The van der Waals surface area contributed by atoms with Gasteiger partial charge in [0.15, 0.2) is 0 Å². The molecule has 0 spiro atoms. The Morgan fingerprint density at radius 3 is 2.42 bits per heavy atom. The van der Waals surface area contributed by atoms with Gasteiger partial charge >= 0.3 is 0 Å². The zero-order valence-corrected chi connectivity index (χ0v) is 10.3. The predicted octanol–water partition coefficient (Wildman–Crippen LogP) is 1.06. The molecular weight excluding hydrogens is 258 g/mol. The number of halogens is 2. The van der Waals surface area contributed by atoms with Gasteiger partial charge < -0.3 is 15.4 Å². The van der Waals surface area contributed by atoms with E-state index in [2.05, 4.69) is 5.32 Å². The molecule has 5 nitrogen and oxygen atoms in total. The summed E-state index contributed by atoms with van der Waals surface area (Å²) in [5.41, 5.74) is -0.558. The van der Waals surface area contributed by atoms with Gasteiger partial charge in [-0.3, -0.25) is 9.59 Å². The lowest BCUT2D eigenvalue weighted by Crippen LogP contribution is -2.30. The maximum atomic E-state index is 13.2. The molecule has 0 saturated carbocycles. The summed E-state index contributed by atoms with van der Waals surface area (Å²) in [4.78, 5) is 22.7. The van der Waals surface area contributed by atoms with E-state index in [4.69, 9.17) is 4.74 Å². The van der Waals surface area contributed by atoms with Gasteiger partial charge in [0.05, 0.1) is 6.61 Å². The van der Waals surface area contributed by atoms with E-state index in [1.54, 1.807) is 0 Å². The van der Waals surface area contributed by atoms with Crippen LogP contribution in [-0.4, -0.2) is 32.1 Å². The second kappa shape index (κ2) is 7.42. The van der Waals surface area contributed by atoms with Gasteiger partial charge in [0.2, 0.25) is 11.8 Å². The fraction of sp³-hybridized carbons (Fsp3) is 0.333. The number of rotatable bonds is 6. The fourth-order valence-electron chi connectivity index (χ4n) is 1.30. The molecule has 104 valence electrons. The van der Waals surface area contributed by atoms with E-state index in [1.165, 1.54) is 13.2 Å². The molecule has 0 fully saturated rings. The van der Waals surface area contributed by atoms with Crippen molar-refractivity contribution in [3.8, 4) is 0 Å². The lowest BCUT2D eigenvalue weighted by atomic mass is 10.2. The molecule has 0 aliphatic heterocycles. The summed E-state index contributed by atoms with van der Waals surface area (Å²) in [6.07, 6.45) is -0.516. The summed E-state index contributed by atoms with van der Waals surface area (Å²) < 4.78 is 31.2. The number of carbonyl (C=O) groups is 2. The Bertz CT molecular complexity index is 446. The lowest BCUT2D eigenvalue weighted by Gasteiger charge is -2.07. The molecule has 1 aromatic carbocycles. The molecule has 19 heavy (non-hydrogen) atoms. The summed E-state index contributed by atoms with van der Waals surface area (Å²) >= 11 is 0. The van der Waals surface area contributed by atoms with Crippen molar-refractivity contribution < 1.29 is 23.1 Å². The predicted molar refractivity (Wildman–Crippen MR) is 64.5 cm³/mol. The van der Waals surface area contributed by atoms with Crippen molar-refractivity contribution in [2.24, 2.45) is 0 Å². The van der Waals surface area contributed by atoms with Crippen LogP contribution >= 0.6 is 0 Å². The fourth-order valence-corrected chi connectivity index (χ4v) is 1.30. The number of methoxy groups -OCH3 is 1. The smallest absolute Gasteiger partial charge is 0.233 e. The van der Waals surface area contributed by atoms with Crippen LogP contribution in [0.1, 0.15) is 6.42 Å². The molecule has 0 atom stereocenters. The van der Waals surface area contributed by atoms with Crippen molar-refractivity contribution in [1.29, 1.82) is 0 Å². The van der Waals surface area contributed by atoms with Crippen molar-refractivity contribution in [3.05, 3.63) is 29.8 Å². The van der Waals surface area contributed by atoms with Crippen LogP contribution in [-0.2, 0) is 14.3 Å². The molecule has 0 aromatic heterocycles. The highest BCUT2D eigenvalue weighted by Crippen LogP contribution is 2.17. The van der Waals surface area contributed by atoms with Gasteiger partial charge in [-0.15, -0.1) is 0 Å². The molecule has 0 heterocycles. The molecule has 0 saturated heterocycles. The molecule has 2 amide bonds. The Balaban J connectivity index is 2.49. The first-order chi connectivity index (χ1) is 9.04. The van der Waals surface area contributed by atoms with E-state index in [0.29, 0.717) is 6.61 Å². The number of hydrogen-bond acceptors (Lipinski definition) is 3. The average molecular weight is 272 g/mol. The Morgan fingerprint density at radius 2 is 1.84 bits per heavy atom. The molecule has 1 rings (SSSR count). The van der Waals surface area contributed by atoms with Crippen LogP contribution in [0.4, 0.5) is 14.5 Å². The molecule has 0 aliphatic carbocycles. The summed E-state index contributed by atoms with van der Waals surface area (Å²) in [7, 11) is 1.47. The normalized spacial score (nSPS) is 10.1. The minimum Gasteiger partial charge on any atom is -0.383 e. The number of benzene rings is 1. The molecule has 1 aromatic rings. The number of hydrogen-bond donors (Lipinski definition) is 2. The third-order valence-electron chi connectivity index (χ3n) is 2.18. The molecule has 0 radical (unpaired) electrons. The van der Waals surface area contributed by atoms with Crippen molar-refractivity contribution in [3.63, 3.8) is 0 Å². The highest BCUT2D eigenvalue weighted by molar-refractivity contribution is 6.03. The van der Waals surface area contributed by atoms with E-state index >= 15 is 0 Å². The topological polar surface area (TPSA) is 67.4 Å². The van der Waals surface area contributed by atoms with Crippen LogP contribution in [0.25, 0.3) is 0 Å². The Hall–Kier alpha value is -2.02. The third kappa shape index (κ3) is 5.01. The zero-order valence-electron chi connectivity index (χ0n) is 10.3. The van der Waals surface area contributed by atoms with Crippen molar-refractivity contribution in [2.75, 3.05) is 25.6 Å². The Kier molecular flexibility index (Phi) is 5.87. The highest BCUT2D eigenvalue weighted by Gasteiger charge is 2.14. The molecule has 0 bridgehead atoms. The Labute approximate surface area is 108 Å². The van der Waals surface area contributed by atoms with Gasteiger partial charge in [-0.1, -0.05) is 6.07 Å². The summed E-state index contributed by atoms with van der Waals surface area (Å²) in [6, 6.07) is 3.20. The second-order valence-electron chi connectivity index (χ2n) is 3.66. The average Bonchev–Trinajstić information content (AvgIpc) is 2.34.